The predicted molar refractivity (Wildman–Crippen MR) is 98.2 cm³/mol. The van der Waals surface area contributed by atoms with E-state index in [1.54, 1.807) is 30.3 Å². The van der Waals surface area contributed by atoms with Gasteiger partial charge in [0, 0.05) is 0 Å². The van der Waals surface area contributed by atoms with Crippen molar-refractivity contribution >= 4 is 15.7 Å². The Bertz CT molecular complexity index is 765. The van der Waals surface area contributed by atoms with E-state index in [1.807, 2.05) is 31.2 Å². The molecule has 24 heavy (non-hydrogen) atoms. The Morgan fingerprint density at radius 3 is 2.17 bits per heavy atom. The number of aryl methyl sites for hydroxylation is 1. The molecule has 0 aliphatic heterocycles. The number of sulfonamides is 1. The van der Waals surface area contributed by atoms with Crippen LogP contribution in [0.1, 0.15) is 19.4 Å². The maximum absolute atomic E-state index is 13.0. The minimum atomic E-state index is -3.66. The molecule has 0 saturated heterocycles. The van der Waals surface area contributed by atoms with Crippen LogP contribution in [0.3, 0.4) is 0 Å². The van der Waals surface area contributed by atoms with Gasteiger partial charge in [-0.1, -0.05) is 25.1 Å². The lowest BCUT2D eigenvalue weighted by molar-refractivity contribution is 0.340. The number of benzene rings is 2. The second kappa shape index (κ2) is 8.02. The van der Waals surface area contributed by atoms with Gasteiger partial charge in [0.05, 0.1) is 23.7 Å². The van der Waals surface area contributed by atoms with Crippen LogP contribution in [0, 0.1) is 0 Å². The molecule has 0 saturated carbocycles. The van der Waals surface area contributed by atoms with Crippen molar-refractivity contribution in [2.75, 3.05) is 17.5 Å². The van der Waals surface area contributed by atoms with Gasteiger partial charge in [-0.15, -0.1) is 6.58 Å². The lowest BCUT2D eigenvalue weighted by Gasteiger charge is -2.23. The molecule has 0 aliphatic rings. The fraction of sp³-hybridized carbons (Fsp3) is 0.263. The van der Waals surface area contributed by atoms with Crippen LogP contribution < -0.4 is 9.04 Å². The van der Waals surface area contributed by atoms with E-state index in [0.717, 1.165) is 12.0 Å². The second-order valence-electron chi connectivity index (χ2n) is 5.25. The summed E-state index contributed by atoms with van der Waals surface area (Å²) < 4.78 is 32.7. The van der Waals surface area contributed by atoms with E-state index in [-0.39, 0.29) is 11.4 Å². The minimum Gasteiger partial charge on any atom is -0.494 e. The zero-order valence-corrected chi connectivity index (χ0v) is 14.9. The average Bonchev–Trinajstić information content (AvgIpc) is 2.60. The first kappa shape index (κ1) is 18.1. The van der Waals surface area contributed by atoms with Crippen molar-refractivity contribution in [3.8, 4) is 5.75 Å². The van der Waals surface area contributed by atoms with Crippen LogP contribution in [0.15, 0.2) is 66.1 Å². The Balaban J connectivity index is 2.38. The van der Waals surface area contributed by atoms with Crippen molar-refractivity contribution < 1.29 is 13.2 Å². The number of rotatable bonds is 8. The second-order valence-corrected chi connectivity index (χ2v) is 7.11. The van der Waals surface area contributed by atoms with Crippen molar-refractivity contribution in [1.29, 1.82) is 0 Å². The SMILES string of the molecule is C=CCN(c1ccc(CC)cc1)S(=O)(=O)c1ccc(OCC)cc1. The molecule has 0 N–H and O–H groups in total. The third-order valence-corrected chi connectivity index (χ3v) is 5.46. The smallest absolute Gasteiger partial charge is 0.264 e. The van der Waals surface area contributed by atoms with Gasteiger partial charge in [0.25, 0.3) is 10.0 Å². The molecule has 5 heteroatoms. The summed E-state index contributed by atoms with van der Waals surface area (Å²) in [6.45, 7) is 8.38. The number of nitrogens with zero attached hydrogens (tertiary/aromatic N) is 1. The van der Waals surface area contributed by atoms with Gasteiger partial charge in [0.15, 0.2) is 0 Å². The number of anilines is 1. The van der Waals surface area contributed by atoms with Crippen molar-refractivity contribution in [3.05, 3.63) is 66.7 Å². The van der Waals surface area contributed by atoms with E-state index in [2.05, 4.69) is 13.5 Å². The van der Waals surface area contributed by atoms with E-state index < -0.39 is 10.0 Å². The highest BCUT2D eigenvalue weighted by atomic mass is 32.2. The average molecular weight is 345 g/mol. The standard InChI is InChI=1S/C19H23NO3S/c1-4-15-20(17-9-7-16(5-2)8-10-17)24(21,22)19-13-11-18(12-14-19)23-6-3/h4,7-14H,1,5-6,15H2,2-3H3. The molecule has 0 bridgehead atoms. The fourth-order valence-corrected chi connectivity index (χ4v) is 3.79. The van der Waals surface area contributed by atoms with Gasteiger partial charge >= 0.3 is 0 Å². The molecule has 0 radical (unpaired) electrons. The molecule has 0 heterocycles. The van der Waals surface area contributed by atoms with E-state index in [0.29, 0.717) is 18.0 Å². The van der Waals surface area contributed by atoms with Crippen LogP contribution in [0.2, 0.25) is 0 Å². The van der Waals surface area contributed by atoms with E-state index in [9.17, 15) is 8.42 Å². The van der Waals surface area contributed by atoms with Crippen LogP contribution in [0.4, 0.5) is 5.69 Å². The summed E-state index contributed by atoms with van der Waals surface area (Å²) in [7, 11) is -3.66. The molecule has 2 aromatic rings. The Hall–Kier alpha value is -2.27. The van der Waals surface area contributed by atoms with Gasteiger partial charge in [0.2, 0.25) is 0 Å². The van der Waals surface area contributed by atoms with Crippen LogP contribution in [-0.4, -0.2) is 21.6 Å². The van der Waals surface area contributed by atoms with Gasteiger partial charge in [-0.25, -0.2) is 8.42 Å². The molecule has 0 fully saturated rings. The number of hydrogen-bond acceptors (Lipinski definition) is 3. The molecule has 128 valence electrons. The van der Waals surface area contributed by atoms with Gasteiger partial charge in [0.1, 0.15) is 5.75 Å². The zero-order valence-electron chi connectivity index (χ0n) is 14.1. The van der Waals surface area contributed by atoms with Crippen LogP contribution in [0.5, 0.6) is 5.75 Å². The summed E-state index contributed by atoms with van der Waals surface area (Å²) in [6, 6.07) is 14.0. The van der Waals surface area contributed by atoms with Crippen LogP contribution in [-0.2, 0) is 16.4 Å². The molecule has 0 atom stereocenters. The van der Waals surface area contributed by atoms with Crippen molar-refractivity contribution in [3.63, 3.8) is 0 Å². The van der Waals surface area contributed by atoms with E-state index >= 15 is 0 Å². The third kappa shape index (κ3) is 3.97. The molecule has 0 aliphatic carbocycles. The third-order valence-electron chi connectivity index (χ3n) is 3.65. The monoisotopic (exact) mass is 345 g/mol. The number of hydrogen-bond donors (Lipinski definition) is 0. The summed E-state index contributed by atoms with van der Waals surface area (Å²) in [5.41, 5.74) is 1.79. The molecule has 0 amide bonds. The summed E-state index contributed by atoms with van der Waals surface area (Å²) >= 11 is 0. The molecular weight excluding hydrogens is 322 g/mol. The van der Waals surface area contributed by atoms with Crippen molar-refractivity contribution in [2.45, 2.75) is 25.2 Å². The Labute approximate surface area is 144 Å². The van der Waals surface area contributed by atoms with Gasteiger partial charge in [-0.3, -0.25) is 4.31 Å². The van der Waals surface area contributed by atoms with Gasteiger partial charge in [-0.2, -0.15) is 0 Å². The topological polar surface area (TPSA) is 46.6 Å². The summed E-state index contributed by atoms with van der Waals surface area (Å²) in [4.78, 5) is 0.229. The molecule has 2 aromatic carbocycles. The van der Waals surface area contributed by atoms with Gasteiger partial charge in [-0.05, 0) is 55.3 Å². The first-order chi connectivity index (χ1) is 11.5. The summed E-state index contributed by atoms with van der Waals surface area (Å²) in [6.07, 6.45) is 2.49. The molecule has 4 nitrogen and oxygen atoms in total. The molecule has 0 unspecified atom stereocenters. The molecule has 2 rings (SSSR count). The highest BCUT2D eigenvalue weighted by Crippen LogP contribution is 2.25. The maximum atomic E-state index is 13.0. The predicted octanol–water partition coefficient (Wildman–Crippen LogP) is 4.03. The van der Waals surface area contributed by atoms with Crippen LogP contribution >= 0.6 is 0 Å². The van der Waals surface area contributed by atoms with Crippen LogP contribution in [0.25, 0.3) is 0 Å². The maximum Gasteiger partial charge on any atom is 0.264 e. The molecular formula is C19H23NO3S. The van der Waals surface area contributed by atoms with Gasteiger partial charge < -0.3 is 4.74 Å². The quantitative estimate of drug-likeness (QED) is 0.679. The first-order valence-electron chi connectivity index (χ1n) is 7.98. The van der Waals surface area contributed by atoms with Crippen molar-refractivity contribution in [1.82, 2.24) is 0 Å². The summed E-state index contributed by atoms with van der Waals surface area (Å²) in [5.74, 6) is 0.652. The normalized spacial score (nSPS) is 11.1. The Kier molecular flexibility index (Phi) is 6.04. The lowest BCUT2D eigenvalue weighted by Crippen LogP contribution is -2.31. The largest absolute Gasteiger partial charge is 0.494 e. The number of ether oxygens (including phenoxy) is 1. The zero-order chi connectivity index (χ0) is 17.6. The highest BCUT2D eigenvalue weighted by molar-refractivity contribution is 7.92. The lowest BCUT2D eigenvalue weighted by atomic mass is 10.1. The molecule has 0 aromatic heterocycles. The Morgan fingerprint density at radius 2 is 1.67 bits per heavy atom. The Morgan fingerprint density at radius 1 is 1.04 bits per heavy atom. The van der Waals surface area contributed by atoms with E-state index in [1.165, 1.54) is 4.31 Å². The van der Waals surface area contributed by atoms with E-state index in [4.69, 9.17) is 4.74 Å². The molecule has 0 spiro atoms. The minimum absolute atomic E-state index is 0.209. The highest BCUT2D eigenvalue weighted by Gasteiger charge is 2.24. The van der Waals surface area contributed by atoms with Crippen molar-refractivity contribution in [2.24, 2.45) is 0 Å². The fourth-order valence-electron chi connectivity index (χ4n) is 2.36. The summed E-state index contributed by atoms with van der Waals surface area (Å²) in [5, 5.41) is 0. The first-order valence-corrected chi connectivity index (χ1v) is 9.42.